The number of aromatic nitrogens is 2. The number of carbonyl (C=O) groups is 1. The van der Waals surface area contributed by atoms with Crippen LogP contribution in [0.25, 0.3) is 0 Å². The molecule has 0 radical (unpaired) electrons. The van der Waals surface area contributed by atoms with Crippen LogP contribution in [0.2, 0.25) is 5.15 Å². The second kappa shape index (κ2) is 5.71. The van der Waals surface area contributed by atoms with Crippen molar-refractivity contribution in [3.05, 3.63) is 58.4 Å². The molecule has 0 aliphatic rings. The number of hydrogen-bond acceptors (Lipinski definition) is 3. The standard InChI is InChI=1S/C12H8ClF2N3O/c13-11-4-3-10(17-18-11)12(19)16-6-7-1-2-8(14)5-9(7)15/h1-5H,6H2,(H,16,19). The molecule has 1 heterocycles. The Hall–Kier alpha value is -2.08. The molecule has 1 aromatic carbocycles. The Morgan fingerprint density at radius 2 is 2.00 bits per heavy atom. The van der Waals surface area contributed by atoms with E-state index in [0.29, 0.717) is 0 Å². The summed E-state index contributed by atoms with van der Waals surface area (Å²) in [7, 11) is 0. The Bertz CT molecular complexity index is 604. The third kappa shape index (κ3) is 3.45. The minimum Gasteiger partial charge on any atom is -0.346 e. The van der Waals surface area contributed by atoms with Gasteiger partial charge in [-0.2, -0.15) is 0 Å². The maximum absolute atomic E-state index is 13.3. The Balaban J connectivity index is 2.02. The first-order chi connectivity index (χ1) is 9.06. The van der Waals surface area contributed by atoms with Gasteiger partial charge in [0.05, 0.1) is 0 Å². The first kappa shape index (κ1) is 13.4. The van der Waals surface area contributed by atoms with Gasteiger partial charge in [-0.05, 0) is 18.2 Å². The molecule has 7 heteroatoms. The van der Waals surface area contributed by atoms with Gasteiger partial charge >= 0.3 is 0 Å². The normalized spacial score (nSPS) is 10.3. The van der Waals surface area contributed by atoms with Crippen molar-refractivity contribution in [1.82, 2.24) is 15.5 Å². The van der Waals surface area contributed by atoms with Crippen molar-refractivity contribution in [2.75, 3.05) is 0 Å². The van der Waals surface area contributed by atoms with E-state index in [1.54, 1.807) is 0 Å². The minimum atomic E-state index is -0.720. The molecule has 19 heavy (non-hydrogen) atoms. The van der Waals surface area contributed by atoms with Crippen LogP contribution in [0, 0.1) is 11.6 Å². The lowest BCUT2D eigenvalue weighted by Crippen LogP contribution is -2.24. The second-order valence-electron chi connectivity index (χ2n) is 3.66. The highest BCUT2D eigenvalue weighted by molar-refractivity contribution is 6.29. The second-order valence-corrected chi connectivity index (χ2v) is 4.05. The molecule has 4 nitrogen and oxygen atoms in total. The smallest absolute Gasteiger partial charge is 0.272 e. The zero-order valence-electron chi connectivity index (χ0n) is 9.53. The molecule has 0 atom stereocenters. The largest absolute Gasteiger partial charge is 0.346 e. The van der Waals surface area contributed by atoms with Crippen LogP contribution >= 0.6 is 11.6 Å². The van der Waals surface area contributed by atoms with E-state index in [1.165, 1.54) is 18.2 Å². The molecule has 0 fully saturated rings. The lowest BCUT2D eigenvalue weighted by molar-refractivity contribution is 0.0944. The van der Waals surface area contributed by atoms with Crippen molar-refractivity contribution < 1.29 is 13.6 Å². The number of benzene rings is 1. The van der Waals surface area contributed by atoms with Crippen molar-refractivity contribution >= 4 is 17.5 Å². The Kier molecular flexibility index (Phi) is 4.01. The summed E-state index contributed by atoms with van der Waals surface area (Å²) in [5, 5.41) is 9.71. The van der Waals surface area contributed by atoms with Crippen molar-refractivity contribution in [1.29, 1.82) is 0 Å². The molecule has 0 saturated carbocycles. The third-order valence-electron chi connectivity index (χ3n) is 2.32. The fourth-order valence-electron chi connectivity index (χ4n) is 1.37. The predicted molar refractivity (Wildman–Crippen MR) is 64.6 cm³/mol. The lowest BCUT2D eigenvalue weighted by atomic mass is 10.2. The summed E-state index contributed by atoms with van der Waals surface area (Å²) in [6.07, 6.45) is 0. The average Bonchev–Trinajstić information content (AvgIpc) is 2.38. The molecule has 1 aromatic heterocycles. The van der Waals surface area contributed by atoms with E-state index in [9.17, 15) is 13.6 Å². The van der Waals surface area contributed by atoms with E-state index < -0.39 is 17.5 Å². The van der Waals surface area contributed by atoms with Crippen LogP contribution in [0.15, 0.2) is 30.3 Å². The fraction of sp³-hybridized carbons (Fsp3) is 0.0833. The summed E-state index contributed by atoms with van der Waals surface area (Å²) < 4.78 is 26.0. The van der Waals surface area contributed by atoms with Gasteiger partial charge in [0.2, 0.25) is 0 Å². The van der Waals surface area contributed by atoms with Crippen molar-refractivity contribution in [2.24, 2.45) is 0 Å². The van der Waals surface area contributed by atoms with Gasteiger partial charge in [-0.1, -0.05) is 17.7 Å². The third-order valence-corrected chi connectivity index (χ3v) is 2.52. The highest BCUT2D eigenvalue weighted by atomic mass is 35.5. The van der Waals surface area contributed by atoms with Crippen LogP contribution in [0.3, 0.4) is 0 Å². The number of halogens is 3. The number of nitrogens with one attached hydrogen (secondary N) is 1. The Morgan fingerprint density at radius 3 is 2.63 bits per heavy atom. The van der Waals surface area contributed by atoms with Crippen molar-refractivity contribution in [2.45, 2.75) is 6.54 Å². The zero-order valence-corrected chi connectivity index (χ0v) is 10.3. The van der Waals surface area contributed by atoms with Gasteiger partial charge in [-0.15, -0.1) is 10.2 Å². The highest BCUT2D eigenvalue weighted by Crippen LogP contribution is 2.09. The van der Waals surface area contributed by atoms with E-state index in [4.69, 9.17) is 11.6 Å². The first-order valence-electron chi connectivity index (χ1n) is 5.27. The lowest BCUT2D eigenvalue weighted by Gasteiger charge is -2.05. The van der Waals surface area contributed by atoms with Gasteiger partial charge in [0.1, 0.15) is 11.6 Å². The van der Waals surface area contributed by atoms with Gasteiger partial charge in [0.15, 0.2) is 10.8 Å². The quantitative estimate of drug-likeness (QED) is 0.941. The zero-order chi connectivity index (χ0) is 13.8. The highest BCUT2D eigenvalue weighted by Gasteiger charge is 2.09. The molecule has 0 aliphatic heterocycles. The molecule has 0 aliphatic carbocycles. The summed E-state index contributed by atoms with van der Waals surface area (Å²) in [5.41, 5.74) is 0.239. The molecule has 1 N–H and O–H groups in total. The fourth-order valence-corrected chi connectivity index (χ4v) is 1.47. The predicted octanol–water partition coefficient (Wildman–Crippen LogP) is 2.34. The monoisotopic (exact) mass is 283 g/mol. The van der Waals surface area contributed by atoms with Gasteiger partial charge in [0, 0.05) is 18.2 Å². The molecule has 0 unspecified atom stereocenters. The summed E-state index contributed by atoms with van der Waals surface area (Å²) in [5.74, 6) is -1.91. The Labute approximate surface area is 112 Å². The number of nitrogens with zero attached hydrogens (tertiary/aromatic N) is 2. The first-order valence-corrected chi connectivity index (χ1v) is 5.65. The van der Waals surface area contributed by atoms with Gasteiger partial charge in [-0.3, -0.25) is 4.79 Å². The summed E-state index contributed by atoms with van der Waals surface area (Å²) in [6, 6.07) is 5.95. The minimum absolute atomic E-state index is 0.0620. The van der Waals surface area contributed by atoms with Crippen LogP contribution in [0.4, 0.5) is 8.78 Å². The number of amides is 1. The van der Waals surface area contributed by atoms with Crippen LogP contribution in [0.1, 0.15) is 16.1 Å². The summed E-state index contributed by atoms with van der Waals surface area (Å²) in [6.45, 7) is -0.0742. The maximum Gasteiger partial charge on any atom is 0.272 e. The van der Waals surface area contributed by atoms with Crippen LogP contribution in [0.5, 0.6) is 0 Å². The Morgan fingerprint density at radius 1 is 1.21 bits per heavy atom. The molecule has 0 spiro atoms. The molecule has 0 saturated heterocycles. The van der Waals surface area contributed by atoms with Crippen molar-refractivity contribution in [3.8, 4) is 0 Å². The average molecular weight is 284 g/mol. The summed E-state index contributed by atoms with van der Waals surface area (Å²) >= 11 is 5.53. The van der Waals surface area contributed by atoms with Crippen LogP contribution in [-0.2, 0) is 6.54 Å². The number of rotatable bonds is 3. The van der Waals surface area contributed by atoms with Crippen LogP contribution in [-0.4, -0.2) is 16.1 Å². The molecule has 0 bridgehead atoms. The van der Waals surface area contributed by atoms with Gasteiger partial charge in [0.25, 0.3) is 5.91 Å². The van der Waals surface area contributed by atoms with E-state index in [-0.39, 0.29) is 23.0 Å². The molecule has 2 rings (SSSR count). The van der Waals surface area contributed by atoms with Gasteiger partial charge < -0.3 is 5.32 Å². The summed E-state index contributed by atoms with van der Waals surface area (Å²) in [4.78, 5) is 11.7. The molecule has 1 amide bonds. The van der Waals surface area contributed by atoms with E-state index in [0.717, 1.165) is 12.1 Å². The van der Waals surface area contributed by atoms with Crippen molar-refractivity contribution in [3.63, 3.8) is 0 Å². The van der Waals surface area contributed by atoms with Crippen LogP contribution < -0.4 is 5.32 Å². The molecule has 98 valence electrons. The SMILES string of the molecule is O=C(NCc1ccc(F)cc1F)c1ccc(Cl)nn1. The van der Waals surface area contributed by atoms with E-state index in [2.05, 4.69) is 15.5 Å². The van der Waals surface area contributed by atoms with E-state index >= 15 is 0 Å². The maximum atomic E-state index is 13.3. The van der Waals surface area contributed by atoms with E-state index in [1.807, 2.05) is 0 Å². The number of carbonyl (C=O) groups excluding carboxylic acids is 1. The molecule has 2 aromatic rings. The molecular weight excluding hydrogens is 276 g/mol. The molecular formula is C12H8ClF2N3O. The topological polar surface area (TPSA) is 54.9 Å². The van der Waals surface area contributed by atoms with Gasteiger partial charge in [-0.25, -0.2) is 8.78 Å². The number of hydrogen-bond donors (Lipinski definition) is 1.